The summed E-state index contributed by atoms with van der Waals surface area (Å²) in [6.07, 6.45) is 47.4. The molecule has 56 heavy (non-hydrogen) atoms. The highest BCUT2D eigenvalue weighted by atomic mass is 31.2. The minimum Gasteiger partial charge on any atom is -0.492 e. The molecule has 0 saturated heterocycles. The molecule has 0 bridgehead atoms. The van der Waals surface area contributed by atoms with E-state index in [1.54, 1.807) is 30.4 Å². The van der Waals surface area contributed by atoms with Crippen LogP contribution in [0, 0.1) is 0 Å². The van der Waals surface area contributed by atoms with Crippen LogP contribution < -0.4 is 5.73 Å². The molecule has 0 aliphatic heterocycles. The quantitative estimate of drug-likeness (QED) is 0.0118. The number of aliphatic hydroxyl groups is 2. The van der Waals surface area contributed by atoms with E-state index >= 15 is 0 Å². The molecule has 0 saturated carbocycles. The van der Waals surface area contributed by atoms with Crippen molar-refractivity contribution >= 4 is 13.8 Å². The molecule has 0 fully saturated rings. The van der Waals surface area contributed by atoms with Gasteiger partial charge in [0, 0.05) is 13.0 Å². The summed E-state index contributed by atoms with van der Waals surface area (Å²) in [5, 5.41) is 19.9. The number of carbonyl (C=O) groups is 1. The molecule has 4 atom stereocenters. The molecule has 10 nitrogen and oxygen atoms in total. The smallest absolute Gasteiger partial charge is 0.472 e. The largest absolute Gasteiger partial charge is 0.492 e. The SMILES string of the molecule is CC/C=C\C[C@@H](O)/C=C/C=C\C=C\[C@@H](O)C/C=C\C/C=C\CCC(=O)OC[C@H](COP(=O)(O)OCCN)O/C=C/CCCCCC/C=C\CCCCCCCC. The van der Waals surface area contributed by atoms with Gasteiger partial charge < -0.3 is 30.3 Å². The maximum atomic E-state index is 12.4. The lowest BCUT2D eigenvalue weighted by molar-refractivity contribution is -0.147. The van der Waals surface area contributed by atoms with Gasteiger partial charge in [-0.1, -0.05) is 144 Å². The summed E-state index contributed by atoms with van der Waals surface area (Å²) in [5.74, 6) is -0.425. The lowest BCUT2D eigenvalue weighted by atomic mass is 10.1. The van der Waals surface area contributed by atoms with Gasteiger partial charge in [-0.15, -0.1) is 0 Å². The molecule has 0 amide bonds. The molecule has 0 aromatic carbocycles. The second kappa shape index (κ2) is 40.4. The maximum absolute atomic E-state index is 12.4. The van der Waals surface area contributed by atoms with Crippen molar-refractivity contribution < 1.29 is 43.0 Å². The second-order valence-electron chi connectivity index (χ2n) is 13.6. The number of rotatable bonds is 38. The summed E-state index contributed by atoms with van der Waals surface area (Å²) < 4.78 is 33.0. The molecular formula is C45H76NO9P. The molecule has 0 aromatic rings. The number of phosphoric ester groups is 1. The van der Waals surface area contributed by atoms with Crippen molar-refractivity contribution in [1.29, 1.82) is 0 Å². The fourth-order valence-electron chi connectivity index (χ4n) is 5.06. The lowest BCUT2D eigenvalue weighted by Crippen LogP contribution is -2.25. The topological polar surface area (TPSA) is 158 Å². The van der Waals surface area contributed by atoms with E-state index in [0.717, 1.165) is 32.1 Å². The van der Waals surface area contributed by atoms with Gasteiger partial charge >= 0.3 is 13.8 Å². The first-order valence-electron chi connectivity index (χ1n) is 21.0. The van der Waals surface area contributed by atoms with Crippen LogP contribution in [0.4, 0.5) is 0 Å². The Morgan fingerprint density at radius 2 is 1.21 bits per heavy atom. The molecule has 320 valence electrons. The summed E-state index contributed by atoms with van der Waals surface area (Å²) in [6, 6.07) is 0. The number of hydrogen-bond donors (Lipinski definition) is 4. The average Bonchev–Trinajstić information content (AvgIpc) is 3.18. The highest BCUT2D eigenvalue weighted by molar-refractivity contribution is 7.47. The molecule has 0 aliphatic rings. The Morgan fingerprint density at radius 1 is 0.661 bits per heavy atom. The minimum absolute atomic E-state index is 0.0676. The first-order chi connectivity index (χ1) is 27.2. The number of carbonyl (C=O) groups excluding carboxylic acids is 1. The summed E-state index contributed by atoms with van der Waals surface area (Å²) >= 11 is 0. The Kier molecular flexibility index (Phi) is 38.3. The maximum Gasteiger partial charge on any atom is 0.472 e. The van der Waals surface area contributed by atoms with Crippen LogP contribution in [0.15, 0.2) is 97.4 Å². The van der Waals surface area contributed by atoms with Gasteiger partial charge in [-0.3, -0.25) is 13.8 Å². The third-order valence-electron chi connectivity index (χ3n) is 8.25. The van der Waals surface area contributed by atoms with Crippen molar-refractivity contribution in [1.82, 2.24) is 0 Å². The number of unbranched alkanes of at least 4 members (excludes halogenated alkanes) is 11. The standard InChI is InChI=1S/C45H76NO9P/c1-3-5-7-8-9-10-11-12-13-14-15-16-17-20-25-31-38-52-44(41-55-56(50,51)54-39-37-46)40-53-45(49)36-30-22-19-18-21-27-33-43(48)35-29-24-23-28-34-42(47)32-26-6-4-2/h6,12-13,19,21-24,26-29,31,34-35,38,42-44,47-48H,3-5,7-11,14-18,20,25,30,32-33,36-37,39-41,46H2,1-2H3,(H,50,51)/b13-12-,22-19-,24-23-,26-6-,27-21-,34-28+,35-29+,38-31+/t42-,43+,44-/m1/s1. The van der Waals surface area contributed by atoms with Crippen LogP contribution in [0.25, 0.3) is 0 Å². The van der Waals surface area contributed by atoms with Crippen LogP contribution in [0.1, 0.15) is 136 Å². The monoisotopic (exact) mass is 806 g/mol. The number of nitrogens with two attached hydrogens (primary N) is 1. The van der Waals surface area contributed by atoms with Gasteiger partial charge in [0.2, 0.25) is 0 Å². The van der Waals surface area contributed by atoms with Crippen LogP contribution >= 0.6 is 7.82 Å². The van der Waals surface area contributed by atoms with Crippen molar-refractivity contribution in [2.24, 2.45) is 5.73 Å². The second-order valence-corrected chi connectivity index (χ2v) is 15.0. The number of aliphatic hydroxyl groups excluding tert-OH is 2. The van der Waals surface area contributed by atoms with Gasteiger partial charge in [-0.2, -0.15) is 0 Å². The molecule has 0 aliphatic carbocycles. The van der Waals surface area contributed by atoms with Gasteiger partial charge in [0.25, 0.3) is 0 Å². The Labute approximate surface area is 339 Å². The van der Waals surface area contributed by atoms with Crippen LogP contribution in [0.3, 0.4) is 0 Å². The average molecular weight is 806 g/mol. The summed E-state index contributed by atoms with van der Waals surface area (Å²) in [4.78, 5) is 22.2. The van der Waals surface area contributed by atoms with Gasteiger partial charge in [-0.25, -0.2) is 4.57 Å². The summed E-state index contributed by atoms with van der Waals surface area (Å²) in [6.45, 7) is 3.78. The number of esters is 1. The van der Waals surface area contributed by atoms with E-state index in [0.29, 0.717) is 25.7 Å². The van der Waals surface area contributed by atoms with E-state index in [9.17, 15) is 24.5 Å². The zero-order chi connectivity index (χ0) is 41.2. The van der Waals surface area contributed by atoms with E-state index in [1.807, 2.05) is 48.6 Å². The van der Waals surface area contributed by atoms with E-state index < -0.39 is 32.1 Å². The number of phosphoric acid groups is 1. The minimum atomic E-state index is -4.32. The number of ether oxygens (including phenoxy) is 2. The Bertz CT molecular complexity index is 1210. The van der Waals surface area contributed by atoms with Gasteiger partial charge in [0.15, 0.2) is 6.10 Å². The van der Waals surface area contributed by atoms with Crippen LogP contribution in [-0.2, 0) is 27.9 Å². The number of allylic oxidation sites excluding steroid dienone is 11. The molecule has 1 unspecified atom stereocenters. The Balaban J connectivity index is 4.38. The van der Waals surface area contributed by atoms with E-state index in [4.69, 9.17) is 24.3 Å². The predicted molar refractivity (Wildman–Crippen MR) is 231 cm³/mol. The normalized spacial score (nSPS) is 15.5. The zero-order valence-corrected chi connectivity index (χ0v) is 35.4. The van der Waals surface area contributed by atoms with Gasteiger partial charge in [0.05, 0.1) is 31.7 Å². The Hall–Kier alpha value is -2.82. The molecule has 0 heterocycles. The molecule has 0 rings (SSSR count). The zero-order valence-electron chi connectivity index (χ0n) is 34.5. The van der Waals surface area contributed by atoms with Crippen molar-refractivity contribution in [3.05, 3.63) is 97.4 Å². The van der Waals surface area contributed by atoms with Gasteiger partial charge in [0.1, 0.15) is 6.61 Å². The number of hydrogen-bond acceptors (Lipinski definition) is 9. The van der Waals surface area contributed by atoms with Crippen molar-refractivity contribution in [2.75, 3.05) is 26.4 Å². The van der Waals surface area contributed by atoms with Crippen molar-refractivity contribution in [2.45, 2.75) is 154 Å². The van der Waals surface area contributed by atoms with Crippen molar-refractivity contribution in [3.63, 3.8) is 0 Å². The molecule has 0 aromatic heterocycles. The van der Waals surface area contributed by atoms with Crippen LogP contribution in [0.2, 0.25) is 0 Å². The molecule has 5 N–H and O–H groups in total. The van der Waals surface area contributed by atoms with Crippen molar-refractivity contribution in [3.8, 4) is 0 Å². The molecule has 0 spiro atoms. The highest BCUT2D eigenvalue weighted by Gasteiger charge is 2.24. The fourth-order valence-corrected chi connectivity index (χ4v) is 5.82. The van der Waals surface area contributed by atoms with Gasteiger partial charge in [-0.05, 0) is 76.7 Å². The van der Waals surface area contributed by atoms with Crippen LogP contribution in [0.5, 0.6) is 0 Å². The lowest BCUT2D eigenvalue weighted by Gasteiger charge is -2.19. The molecular weight excluding hydrogens is 729 g/mol. The van der Waals surface area contributed by atoms with E-state index in [2.05, 4.69) is 26.0 Å². The van der Waals surface area contributed by atoms with Crippen LogP contribution in [-0.4, -0.2) is 65.8 Å². The molecule has 11 heteroatoms. The first kappa shape index (κ1) is 53.2. The Morgan fingerprint density at radius 3 is 1.82 bits per heavy atom. The third kappa shape index (κ3) is 39.4. The summed E-state index contributed by atoms with van der Waals surface area (Å²) in [5.41, 5.74) is 5.35. The molecule has 0 radical (unpaired) electrons. The highest BCUT2D eigenvalue weighted by Crippen LogP contribution is 2.43. The van der Waals surface area contributed by atoms with E-state index in [1.165, 1.54) is 64.0 Å². The van der Waals surface area contributed by atoms with E-state index in [-0.39, 0.29) is 32.8 Å². The summed E-state index contributed by atoms with van der Waals surface area (Å²) in [7, 11) is -4.32. The fraction of sp³-hybridized carbons (Fsp3) is 0.622. The third-order valence-corrected chi connectivity index (χ3v) is 9.24. The predicted octanol–water partition coefficient (Wildman–Crippen LogP) is 10.6. The first-order valence-corrected chi connectivity index (χ1v) is 22.5.